The molecule has 1 aromatic carbocycles. The number of carbonyl (C=O) groups excluding carboxylic acids is 1. The van der Waals surface area contributed by atoms with Gasteiger partial charge in [-0.15, -0.1) is 0 Å². The topological polar surface area (TPSA) is 49.3 Å². The Kier molecular flexibility index (Phi) is 4.86. The maximum Gasteiger partial charge on any atom is 0.251 e. The highest BCUT2D eigenvalue weighted by molar-refractivity contribution is 9.10. The van der Waals surface area contributed by atoms with Crippen molar-refractivity contribution < 1.29 is 9.90 Å². The molecular formula is C15H20BrNO2. The molecule has 0 heterocycles. The standard InChI is InChI=1S/C15H20BrNO2/c1-10-3-2-4-11(7-10)9-17-15(19)12-5-6-13(16)14(18)8-12/h5-6,8,10-11,18H,2-4,7,9H2,1H3,(H,17,19). The first-order valence-corrected chi connectivity index (χ1v) is 7.62. The van der Waals surface area contributed by atoms with Crippen molar-refractivity contribution >= 4 is 21.8 Å². The first-order chi connectivity index (χ1) is 9.06. The van der Waals surface area contributed by atoms with Crippen LogP contribution in [0.5, 0.6) is 5.75 Å². The van der Waals surface area contributed by atoms with Crippen molar-refractivity contribution in [1.82, 2.24) is 5.32 Å². The van der Waals surface area contributed by atoms with Crippen LogP contribution in [0.2, 0.25) is 0 Å². The Morgan fingerprint density at radius 2 is 2.26 bits per heavy atom. The largest absolute Gasteiger partial charge is 0.507 e. The molecule has 2 rings (SSSR count). The summed E-state index contributed by atoms with van der Waals surface area (Å²) < 4.78 is 0.602. The number of hydrogen-bond donors (Lipinski definition) is 2. The summed E-state index contributed by atoms with van der Waals surface area (Å²) in [6.45, 7) is 3.01. The van der Waals surface area contributed by atoms with Crippen molar-refractivity contribution in [1.29, 1.82) is 0 Å². The quantitative estimate of drug-likeness (QED) is 0.889. The number of aromatic hydroxyl groups is 1. The number of halogens is 1. The molecule has 1 aliphatic carbocycles. The van der Waals surface area contributed by atoms with Crippen LogP contribution in [-0.4, -0.2) is 17.6 Å². The van der Waals surface area contributed by atoms with Gasteiger partial charge in [0.2, 0.25) is 0 Å². The van der Waals surface area contributed by atoms with Gasteiger partial charge in [0.1, 0.15) is 5.75 Å². The molecule has 0 aliphatic heterocycles. The summed E-state index contributed by atoms with van der Waals surface area (Å²) in [6, 6.07) is 4.89. The summed E-state index contributed by atoms with van der Waals surface area (Å²) in [5, 5.41) is 12.5. The minimum atomic E-state index is -0.110. The second-order valence-electron chi connectivity index (χ2n) is 5.51. The van der Waals surface area contributed by atoms with E-state index in [0.29, 0.717) is 16.0 Å². The molecule has 1 saturated carbocycles. The van der Waals surface area contributed by atoms with Crippen molar-refractivity contribution in [2.75, 3.05) is 6.54 Å². The van der Waals surface area contributed by atoms with E-state index in [1.165, 1.54) is 31.7 Å². The van der Waals surface area contributed by atoms with Gasteiger partial charge < -0.3 is 10.4 Å². The monoisotopic (exact) mass is 325 g/mol. The molecule has 1 amide bonds. The molecule has 2 N–H and O–H groups in total. The first-order valence-electron chi connectivity index (χ1n) is 6.83. The number of hydrogen-bond acceptors (Lipinski definition) is 2. The Bertz CT molecular complexity index is 461. The van der Waals surface area contributed by atoms with E-state index in [1.807, 2.05) is 0 Å². The Morgan fingerprint density at radius 1 is 1.47 bits per heavy atom. The summed E-state index contributed by atoms with van der Waals surface area (Å²) in [7, 11) is 0. The Hall–Kier alpha value is -1.03. The second-order valence-corrected chi connectivity index (χ2v) is 6.37. The highest BCUT2D eigenvalue weighted by atomic mass is 79.9. The van der Waals surface area contributed by atoms with Gasteiger partial charge >= 0.3 is 0 Å². The Labute approximate surface area is 122 Å². The fraction of sp³-hybridized carbons (Fsp3) is 0.533. The van der Waals surface area contributed by atoms with Crippen molar-refractivity contribution in [2.24, 2.45) is 11.8 Å². The van der Waals surface area contributed by atoms with Crippen LogP contribution in [-0.2, 0) is 0 Å². The molecule has 2 unspecified atom stereocenters. The number of benzene rings is 1. The van der Waals surface area contributed by atoms with E-state index in [9.17, 15) is 9.90 Å². The third kappa shape index (κ3) is 3.96. The molecule has 19 heavy (non-hydrogen) atoms. The van der Waals surface area contributed by atoms with E-state index in [4.69, 9.17) is 0 Å². The fourth-order valence-electron chi connectivity index (χ4n) is 2.74. The minimum absolute atomic E-state index is 0.0962. The predicted octanol–water partition coefficient (Wildman–Crippen LogP) is 3.71. The number of amides is 1. The fourth-order valence-corrected chi connectivity index (χ4v) is 2.98. The van der Waals surface area contributed by atoms with Gasteiger partial charge in [-0.25, -0.2) is 0 Å². The zero-order valence-electron chi connectivity index (χ0n) is 11.2. The zero-order chi connectivity index (χ0) is 13.8. The molecule has 1 aromatic rings. The van der Waals surface area contributed by atoms with Crippen LogP contribution in [0.3, 0.4) is 0 Å². The lowest BCUT2D eigenvalue weighted by Crippen LogP contribution is -2.31. The van der Waals surface area contributed by atoms with E-state index in [2.05, 4.69) is 28.2 Å². The highest BCUT2D eigenvalue weighted by Gasteiger charge is 2.19. The number of phenols is 1. The van der Waals surface area contributed by atoms with Crippen LogP contribution < -0.4 is 5.32 Å². The predicted molar refractivity (Wildman–Crippen MR) is 79.3 cm³/mol. The van der Waals surface area contributed by atoms with Gasteiger partial charge in [-0.05, 0) is 58.8 Å². The number of nitrogens with one attached hydrogen (secondary N) is 1. The van der Waals surface area contributed by atoms with Crippen molar-refractivity contribution in [2.45, 2.75) is 32.6 Å². The van der Waals surface area contributed by atoms with Crippen LogP contribution in [0.1, 0.15) is 43.0 Å². The summed E-state index contributed by atoms with van der Waals surface area (Å²) >= 11 is 3.20. The van der Waals surface area contributed by atoms with Gasteiger partial charge in [-0.1, -0.05) is 19.8 Å². The van der Waals surface area contributed by atoms with Crippen LogP contribution in [0.4, 0.5) is 0 Å². The maximum atomic E-state index is 12.0. The van der Waals surface area contributed by atoms with E-state index >= 15 is 0 Å². The van der Waals surface area contributed by atoms with Crippen LogP contribution >= 0.6 is 15.9 Å². The van der Waals surface area contributed by atoms with Gasteiger partial charge in [0, 0.05) is 12.1 Å². The Balaban J connectivity index is 1.88. The molecule has 1 aliphatic rings. The second kappa shape index (κ2) is 6.42. The van der Waals surface area contributed by atoms with Crippen molar-refractivity contribution in [3.63, 3.8) is 0 Å². The van der Waals surface area contributed by atoms with Gasteiger partial charge in [-0.3, -0.25) is 4.79 Å². The number of phenolic OH excluding ortho intramolecular Hbond substituents is 1. The molecule has 0 spiro atoms. The molecule has 0 radical (unpaired) electrons. The van der Waals surface area contributed by atoms with E-state index in [-0.39, 0.29) is 11.7 Å². The van der Waals surface area contributed by atoms with E-state index in [0.717, 1.165) is 12.5 Å². The molecule has 3 nitrogen and oxygen atoms in total. The Morgan fingerprint density at radius 3 is 2.95 bits per heavy atom. The van der Waals surface area contributed by atoms with Gasteiger partial charge in [0.05, 0.1) is 4.47 Å². The third-order valence-electron chi connectivity index (χ3n) is 3.80. The maximum absolute atomic E-state index is 12.0. The van der Waals surface area contributed by atoms with Crippen molar-refractivity contribution in [3.05, 3.63) is 28.2 Å². The summed E-state index contributed by atoms with van der Waals surface area (Å²) in [5.74, 6) is 1.35. The molecule has 1 fully saturated rings. The van der Waals surface area contributed by atoms with E-state index in [1.54, 1.807) is 12.1 Å². The third-order valence-corrected chi connectivity index (χ3v) is 4.48. The number of carbonyl (C=O) groups is 1. The lowest BCUT2D eigenvalue weighted by Gasteiger charge is -2.26. The molecule has 2 atom stereocenters. The van der Waals surface area contributed by atoms with Crippen molar-refractivity contribution in [3.8, 4) is 5.75 Å². The summed E-state index contributed by atoms with van der Waals surface area (Å²) in [4.78, 5) is 12.0. The lowest BCUT2D eigenvalue weighted by atomic mass is 9.82. The average Bonchev–Trinajstić information content (AvgIpc) is 2.39. The smallest absolute Gasteiger partial charge is 0.251 e. The summed E-state index contributed by atoms with van der Waals surface area (Å²) in [5.41, 5.74) is 0.504. The van der Waals surface area contributed by atoms with Gasteiger partial charge in [0.25, 0.3) is 5.91 Å². The molecule has 0 bridgehead atoms. The molecule has 4 heteroatoms. The zero-order valence-corrected chi connectivity index (χ0v) is 12.7. The van der Waals surface area contributed by atoms with Gasteiger partial charge in [-0.2, -0.15) is 0 Å². The average molecular weight is 326 g/mol. The first kappa shape index (κ1) is 14.4. The van der Waals surface area contributed by atoms with Crippen LogP contribution in [0.15, 0.2) is 22.7 Å². The molecule has 104 valence electrons. The minimum Gasteiger partial charge on any atom is -0.507 e. The van der Waals surface area contributed by atoms with E-state index < -0.39 is 0 Å². The molecular weight excluding hydrogens is 306 g/mol. The lowest BCUT2D eigenvalue weighted by molar-refractivity contribution is 0.0940. The highest BCUT2D eigenvalue weighted by Crippen LogP contribution is 2.28. The normalized spacial score (nSPS) is 23.1. The van der Waals surface area contributed by atoms with Gasteiger partial charge in [0.15, 0.2) is 0 Å². The number of rotatable bonds is 3. The van der Waals surface area contributed by atoms with Crippen LogP contribution in [0, 0.1) is 11.8 Å². The molecule has 0 aromatic heterocycles. The SMILES string of the molecule is CC1CCCC(CNC(=O)c2ccc(Br)c(O)c2)C1. The summed E-state index contributed by atoms with van der Waals surface area (Å²) in [6.07, 6.45) is 4.98. The molecule has 0 saturated heterocycles. The van der Waals surface area contributed by atoms with Crippen LogP contribution in [0.25, 0.3) is 0 Å².